The molecule has 3 N–H and O–H groups in total. The van der Waals surface area contributed by atoms with Gasteiger partial charge in [0.15, 0.2) is 0 Å². The van der Waals surface area contributed by atoms with E-state index in [1.54, 1.807) is 12.3 Å². The van der Waals surface area contributed by atoms with Gasteiger partial charge in [-0.2, -0.15) is 5.10 Å². The minimum Gasteiger partial charge on any atom is -0.489 e. The van der Waals surface area contributed by atoms with Gasteiger partial charge in [0.2, 0.25) is 0 Å². The molecule has 1 amide bonds. The number of nitrogens with zero attached hydrogens (tertiary/aromatic N) is 1. The zero-order valence-electron chi connectivity index (χ0n) is 17.9. The number of allylic oxidation sites excluding steroid dienone is 1. The van der Waals surface area contributed by atoms with E-state index in [9.17, 15) is 4.79 Å². The molecule has 6 nitrogen and oxygen atoms in total. The average molecular weight is 461 g/mol. The first-order valence-corrected chi connectivity index (χ1v) is 11.1. The van der Waals surface area contributed by atoms with Crippen molar-refractivity contribution in [2.24, 2.45) is 5.10 Å². The SMILES string of the molecule is O=C(N/N=C/C=C/c1ccccc1)C1CC(c2ccc(OCc3ccccc3Cl)cc2)NN1. The molecule has 1 heterocycles. The molecule has 168 valence electrons. The van der Waals surface area contributed by atoms with E-state index in [2.05, 4.69) is 21.4 Å². The summed E-state index contributed by atoms with van der Waals surface area (Å²) in [6, 6.07) is 25.0. The Bertz CT molecular complexity index is 1120. The number of carbonyl (C=O) groups is 1. The van der Waals surface area contributed by atoms with Crippen LogP contribution in [0.5, 0.6) is 5.75 Å². The Morgan fingerprint density at radius 3 is 2.58 bits per heavy atom. The lowest BCUT2D eigenvalue weighted by Gasteiger charge is -2.12. The lowest BCUT2D eigenvalue weighted by atomic mass is 10.0. The van der Waals surface area contributed by atoms with Gasteiger partial charge < -0.3 is 4.74 Å². The number of carbonyl (C=O) groups excluding carboxylic acids is 1. The van der Waals surface area contributed by atoms with Crippen LogP contribution in [0, 0.1) is 0 Å². The number of halogens is 1. The van der Waals surface area contributed by atoms with Crippen LogP contribution in [0.1, 0.15) is 29.2 Å². The van der Waals surface area contributed by atoms with E-state index in [1.165, 1.54) is 0 Å². The lowest BCUT2D eigenvalue weighted by Crippen LogP contribution is -2.41. The first kappa shape index (κ1) is 22.7. The highest BCUT2D eigenvalue weighted by Crippen LogP contribution is 2.25. The first-order valence-electron chi connectivity index (χ1n) is 10.7. The largest absolute Gasteiger partial charge is 0.489 e. The van der Waals surface area contributed by atoms with Crippen LogP contribution in [-0.2, 0) is 11.4 Å². The van der Waals surface area contributed by atoms with Crippen molar-refractivity contribution in [3.8, 4) is 5.75 Å². The van der Waals surface area contributed by atoms with Crippen LogP contribution < -0.4 is 21.0 Å². The van der Waals surface area contributed by atoms with Gasteiger partial charge in [-0.05, 0) is 41.8 Å². The van der Waals surface area contributed by atoms with Crippen LogP contribution in [-0.4, -0.2) is 18.2 Å². The lowest BCUT2D eigenvalue weighted by molar-refractivity contribution is -0.122. The molecule has 1 saturated heterocycles. The van der Waals surface area contributed by atoms with Crippen LogP contribution in [0.4, 0.5) is 0 Å². The van der Waals surface area contributed by atoms with E-state index < -0.39 is 0 Å². The van der Waals surface area contributed by atoms with Gasteiger partial charge in [0.1, 0.15) is 18.4 Å². The van der Waals surface area contributed by atoms with E-state index >= 15 is 0 Å². The highest BCUT2D eigenvalue weighted by atomic mass is 35.5. The van der Waals surface area contributed by atoms with E-state index in [1.807, 2.05) is 84.9 Å². The number of hydrazone groups is 1. The summed E-state index contributed by atoms with van der Waals surface area (Å²) in [5.41, 5.74) is 11.9. The third kappa shape index (κ3) is 6.52. The molecule has 0 saturated carbocycles. The van der Waals surface area contributed by atoms with E-state index in [-0.39, 0.29) is 18.0 Å². The second kappa shape index (κ2) is 11.4. The van der Waals surface area contributed by atoms with Gasteiger partial charge in [-0.25, -0.2) is 16.3 Å². The average Bonchev–Trinajstić information content (AvgIpc) is 3.35. The van der Waals surface area contributed by atoms with Crippen LogP contribution >= 0.6 is 11.6 Å². The number of hydrogen-bond donors (Lipinski definition) is 3. The molecule has 1 aliphatic rings. The molecule has 3 aromatic carbocycles. The van der Waals surface area contributed by atoms with Crippen molar-refractivity contribution < 1.29 is 9.53 Å². The van der Waals surface area contributed by atoms with Crippen LogP contribution in [0.2, 0.25) is 5.02 Å². The molecule has 4 rings (SSSR count). The molecule has 7 heteroatoms. The summed E-state index contributed by atoms with van der Waals surface area (Å²) in [6.07, 6.45) is 5.88. The molecule has 1 aliphatic heterocycles. The van der Waals surface area contributed by atoms with Crippen molar-refractivity contribution in [2.45, 2.75) is 25.1 Å². The molecule has 0 aliphatic carbocycles. The topological polar surface area (TPSA) is 74.8 Å². The number of ether oxygens (including phenoxy) is 1. The Morgan fingerprint density at radius 1 is 1.03 bits per heavy atom. The van der Waals surface area contributed by atoms with Gasteiger partial charge >= 0.3 is 0 Å². The van der Waals surface area contributed by atoms with Gasteiger partial charge in [-0.15, -0.1) is 0 Å². The molecule has 0 aromatic heterocycles. The summed E-state index contributed by atoms with van der Waals surface area (Å²) < 4.78 is 5.84. The van der Waals surface area contributed by atoms with E-state index in [0.717, 1.165) is 22.4 Å². The maximum Gasteiger partial charge on any atom is 0.258 e. The van der Waals surface area contributed by atoms with Crippen LogP contribution in [0.25, 0.3) is 6.08 Å². The maximum atomic E-state index is 12.4. The number of rotatable bonds is 8. The standard InChI is InChI=1S/C26H25ClN4O2/c27-23-11-5-4-10-21(23)18-33-22-14-12-20(13-15-22)24-17-25(30-29-24)26(32)31-28-16-6-9-19-7-2-1-3-8-19/h1-16,24-25,29-30H,17-18H2,(H,31,32)/b9-6+,28-16+. The Balaban J connectivity index is 1.23. The zero-order valence-corrected chi connectivity index (χ0v) is 18.7. The predicted molar refractivity (Wildman–Crippen MR) is 132 cm³/mol. The summed E-state index contributed by atoms with van der Waals surface area (Å²) in [4.78, 5) is 12.4. The second-order valence-corrected chi connectivity index (χ2v) is 8.01. The van der Waals surface area contributed by atoms with Crippen molar-refractivity contribution in [2.75, 3.05) is 0 Å². The fraction of sp³-hybridized carbons (Fsp3) is 0.154. The Kier molecular flexibility index (Phi) is 7.87. The monoisotopic (exact) mass is 460 g/mol. The molecular weight excluding hydrogens is 436 g/mol. The summed E-state index contributed by atoms with van der Waals surface area (Å²) in [7, 11) is 0. The Labute approximate surface area is 198 Å². The highest BCUT2D eigenvalue weighted by Gasteiger charge is 2.30. The summed E-state index contributed by atoms with van der Waals surface area (Å²) >= 11 is 6.17. The number of nitrogens with one attached hydrogen (secondary N) is 3. The van der Waals surface area contributed by atoms with E-state index in [0.29, 0.717) is 18.1 Å². The van der Waals surface area contributed by atoms with Gasteiger partial charge in [0, 0.05) is 22.8 Å². The minimum absolute atomic E-state index is 0.0142. The normalized spacial score (nSPS) is 18.1. The number of hydrazine groups is 1. The molecule has 3 aromatic rings. The van der Waals surface area contributed by atoms with Gasteiger partial charge in [0.25, 0.3) is 5.91 Å². The third-order valence-electron chi connectivity index (χ3n) is 5.28. The van der Waals surface area contributed by atoms with Gasteiger partial charge in [0.05, 0.1) is 0 Å². The Morgan fingerprint density at radius 2 is 1.79 bits per heavy atom. The molecule has 0 bridgehead atoms. The van der Waals surface area contributed by atoms with Crippen LogP contribution in [0.3, 0.4) is 0 Å². The number of amides is 1. The van der Waals surface area contributed by atoms with Crippen molar-refractivity contribution in [1.29, 1.82) is 0 Å². The molecule has 1 fully saturated rings. The van der Waals surface area contributed by atoms with Crippen LogP contribution in [0.15, 0.2) is 90.0 Å². The number of benzene rings is 3. The molecule has 33 heavy (non-hydrogen) atoms. The highest BCUT2D eigenvalue weighted by molar-refractivity contribution is 6.31. The predicted octanol–water partition coefficient (Wildman–Crippen LogP) is 4.64. The molecule has 0 radical (unpaired) electrons. The fourth-order valence-corrected chi connectivity index (χ4v) is 3.65. The van der Waals surface area contributed by atoms with Gasteiger partial charge in [-0.3, -0.25) is 4.79 Å². The summed E-state index contributed by atoms with van der Waals surface area (Å²) in [6.45, 7) is 0.408. The molecule has 0 spiro atoms. The molecular formula is C26H25ClN4O2. The summed E-state index contributed by atoms with van der Waals surface area (Å²) in [5, 5.41) is 4.68. The van der Waals surface area contributed by atoms with E-state index in [4.69, 9.17) is 16.3 Å². The smallest absolute Gasteiger partial charge is 0.258 e. The first-order chi connectivity index (χ1) is 16.2. The fourth-order valence-electron chi connectivity index (χ4n) is 3.46. The minimum atomic E-state index is -0.374. The van der Waals surface area contributed by atoms with Crippen molar-refractivity contribution in [3.05, 3.63) is 107 Å². The summed E-state index contributed by atoms with van der Waals surface area (Å²) in [5.74, 6) is 0.575. The quantitative estimate of drug-likeness (QED) is 0.338. The zero-order chi connectivity index (χ0) is 22.9. The second-order valence-electron chi connectivity index (χ2n) is 7.60. The molecule has 2 atom stereocenters. The van der Waals surface area contributed by atoms with Crippen molar-refractivity contribution in [3.63, 3.8) is 0 Å². The van der Waals surface area contributed by atoms with Crippen molar-refractivity contribution in [1.82, 2.24) is 16.3 Å². The molecule has 2 unspecified atom stereocenters. The Hall–Kier alpha value is -3.45. The maximum absolute atomic E-state index is 12.4. The van der Waals surface area contributed by atoms with Gasteiger partial charge in [-0.1, -0.05) is 78.3 Å². The number of hydrogen-bond acceptors (Lipinski definition) is 5. The van der Waals surface area contributed by atoms with Crippen molar-refractivity contribution >= 4 is 29.8 Å². The third-order valence-corrected chi connectivity index (χ3v) is 5.65.